The van der Waals surface area contributed by atoms with Crippen LogP contribution in [0.3, 0.4) is 0 Å². The maximum Gasteiger partial charge on any atom is 0.407 e. The summed E-state index contributed by atoms with van der Waals surface area (Å²) in [4.78, 5) is 11.5. The van der Waals surface area contributed by atoms with Gasteiger partial charge in [0.25, 0.3) is 0 Å². The third-order valence-electron chi connectivity index (χ3n) is 3.98. The third-order valence-corrected chi connectivity index (χ3v) is 3.98. The molecule has 2 aromatic carbocycles. The lowest BCUT2D eigenvalue weighted by molar-refractivity contribution is 0.115. The molecular weight excluding hydrogens is 316 g/mol. The van der Waals surface area contributed by atoms with E-state index in [-0.39, 0.29) is 12.2 Å². The van der Waals surface area contributed by atoms with Gasteiger partial charge in [0.2, 0.25) is 0 Å². The predicted octanol–water partition coefficient (Wildman–Crippen LogP) is 3.74. The molecule has 25 heavy (non-hydrogen) atoms. The Morgan fingerprint density at radius 3 is 2.68 bits per heavy atom. The fraction of sp³-hybridized carbons (Fsp3) is 0.350. The van der Waals surface area contributed by atoms with Gasteiger partial charge in [-0.1, -0.05) is 30.3 Å². The molecule has 132 valence electrons. The second-order valence-electron chi connectivity index (χ2n) is 6.44. The van der Waals surface area contributed by atoms with Crippen LogP contribution in [0.1, 0.15) is 25.0 Å². The average Bonchev–Trinajstić information content (AvgIpc) is 3.01. The van der Waals surface area contributed by atoms with E-state index in [1.165, 1.54) is 5.56 Å². The lowest BCUT2D eigenvalue weighted by Gasteiger charge is -2.13. The van der Waals surface area contributed by atoms with Crippen molar-refractivity contribution < 1.29 is 14.3 Å². The van der Waals surface area contributed by atoms with Gasteiger partial charge in [-0.25, -0.2) is 4.79 Å². The number of hydrogen-bond acceptors (Lipinski definition) is 4. The second-order valence-corrected chi connectivity index (χ2v) is 6.44. The van der Waals surface area contributed by atoms with Crippen molar-refractivity contribution in [2.75, 3.05) is 11.9 Å². The first-order valence-electron chi connectivity index (χ1n) is 8.62. The highest BCUT2D eigenvalue weighted by atomic mass is 16.6. The van der Waals surface area contributed by atoms with Crippen molar-refractivity contribution in [3.8, 4) is 5.75 Å². The van der Waals surface area contributed by atoms with Crippen LogP contribution >= 0.6 is 0 Å². The number of carbonyl (C=O) groups is 1. The Morgan fingerprint density at radius 2 is 1.96 bits per heavy atom. The van der Waals surface area contributed by atoms with E-state index in [4.69, 9.17) is 9.47 Å². The van der Waals surface area contributed by atoms with Crippen molar-refractivity contribution in [2.45, 2.75) is 39.0 Å². The van der Waals surface area contributed by atoms with Gasteiger partial charge in [-0.05, 0) is 43.2 Å². The number of rotatable bonds is 6. The molecule has 5 nitrogen and oxygen atoms in total. The Labute approximate surface area is 148 Å². The maximum atomic E-state index is 11.5. The summed E-state index contributed by atoms with van der Waals surface area (Å²) in [6, 6.07) is 16.2. The summed E-state index contributed by atoms with van der Waals surface area (Å²) in [7, 11) is 0. The Balaban J connectivity index is 1.43. The van der Waals surface area contributed by atoms with Crippen LogP contribution < -0.4 is 15.4 Å². The highest BCUT2D eigenvalue weighted by Crippen LogP contribution is 2.28. The highest BCUT2D eigenvalue weighted by Gasteiger charge is 2.21. The topological polar surface area (TPSA) is 59.6 Å². The summed E-state index contributed by atoms with van der Waals surface area (Å²) < 4.78 is 11.0. The van der Waals surface area contributed by atoms with Crippen molar-refractivity contribution in [1.82, 2.24) is 5.32 Å². The van der Waals surface area contributed by atoms with Crippen LogP contribution in [0.25, 0.3) is 0 Å². The summed E-state index contributed by atoms with van der Waals surface area (Å²) in [5, 5.41) is 6.14. The number of carbonyl (C=O) groups excluding carboxylic acids is 1. The number of nitrogens with one attached hydrogen (secondary N) is 2. The minimum Gasteiger partial charge on any atom is -0.488 e. The molecule has 0 aliphatic carbocycles. The number of alkyl carbamates (subject to hydrolysis) is 1. The van der Waals surface area contributed by atoms with E-state index >= 15 is 0 Å². The number of ether oxygens (including phenoxy) is 2. The van der Waals surface area contributed by atoms with Crippen LogP contribution in [0.15, 0.2) is 48.5 Å². The zero-order valence-corrected chi connectivity index (χ0v) is 14.6. The molecular formula is C20H24N2O3. The van der Waals surface area contributed by atoms with Gasteiger partial charge in [0.05, 0.1) is 12.6 Å². The number of amides is 1. The summed E-state index contributed by atoms with van der Waals surface area (Å²) >= 11 is 0. The molecule has 0 radical (unpaired) electrons. The molecule has 3 rings (SSSR count). The molecule has 0 fully saturated rings. The Hall–Kier alpha value is -2.69. The molecule has 0 saturated heterocycles. The first-order chi connectivity index (χ1) is 12.1. The van der Waals surface area contributed by atoms with Crippen molar-refractivity contribution in [3.63, 3.8) is 0 Å². The summed E-state index contributed by atoms with van der Waals surface area (Å²) in [6.07, 6.45) is 0.582. The molecule has 1 aliphatic heterocycles. The number of anilines is 1. The van der Waals surface area contributed by atoms with Gasteiger partial charge in [-0.2, -0.15) is 0 Å². The van der Waals surface area contributed by atoms with Crippen LogP contribution in [0.4, 0.5) is 10.5 Å². The van der Waals surface area contributed by atoms with E-state index in [2.05, 4.69) is 16.7 Å². The summed E-state index contributed by atoms with van der Waals surface area (Å²) in [6.45, 7) is 4.86. The van der Waals surface area contributed by atoms with Crippen molar-refractivity contribution >= 4 is 11.8 Å². The zero-order chi connectivity index (χ0) is 17.6. The number of benzene rings is 2. The summed E-state index contributed by atoms with van der Waals surface area (Å²) in [5.74, 6) is 0.990. The summed E-state index contributed by atoms with van der Waals surface area (Å²) in [5.41, 5.74) is 3.33. The quantitative estimate of drug-likeness (QED) is 0.841. The lowest BCUT2D eigenvalue weighted by atomic mass is 10.1. The molecule has 0 aromatic heterocycles. The lowest BCUT2D eigenvalue weighted by Crippen LogP contribution is -2.26. The minimum absolute atomic E-state index is 0.115. The zero-order valence-electron chi connectivity index (χ0n) is 14.6. The van der Waals surface area contributed by atoms with E-state index in [1.54, 1.807) is 0 Å². The standard InChI is InChI=1S/C20H24N2O3/c1-14(2)24-20(23)22-12-15-7-9-17(10-8-15)21-13-18-11-16-5-3-4-6-19(16)25-18/h3-10,14,18,21H,11-13H2,1-2H3,(H,22,23)/t18-/m1/s1. The largest absolute Gasteiger partial charge is 0.488 e. The van der Waals surface area contributed by atoms with Crippen LogP contribution in [0.2, 0.25) is 0 Å². The fourth-order valence-electron chi connectivity index (χ4n) is 2.77. The first kappa shape index (κ1) is 17.1. The van der Waals surface area contributed by atoms with Crippen molar-refractivity contribution in [3.05, 3.63) is 59.7 Å². The second kappa shape index (κ2) is 7.92. The first-order valence-corrected chi connectivity index (χ1v) is 8.62. The van der Waals surface area contributed by atoms with Gasteiger partial charge in [-0.15, -0.1) is 0 Å². The van der Waals surface area contributed by atoms with Crippen LogP contribution in [-0.2, 0) is 17.7 Å². The van der Waals surface area contributed by atoms with Crippen molar-refractivity contribution in [2.24, 2.45) is 0 Å². The SMILES string of the molecule is CC(C)OC(=O)NCc1ccc(NC[C@H]2Cc3ccccc3O2)cc1. The van der Waals surface area contributed by atoms with E-state index < -0.39 is 6.09 Å². The predicted molar refractivity (Wildman–Crippen MR) is 98.0 cm³/mol. The van der Waals surface area contributed by atoms with E-state index in [0.29, 0.717) is 6.54 Å². The molecule has 5 heteroatoms. The molecule has 0 spiro atoms. The van der Waals surface area contributed by atoms with E-state index in [9.17, 15) is 4.79 Å². The Morgan fingerprint density at radius 1 is 1.20 bits per heavy atom. The third kappa shape index (κ3) is 4.89. The smallest absolute Gasteiger partial charge is 0.407 e. The van der Waals surface area contributed by atoms with Crippen LogP contribution in [-0.4, -0.2) is 24.8 Å². The Kier molecular flexibility index (Phi) is 5.43. The normalized spacial score (nSPS) is 15.4. The fourth-order valence-corrected chi connectivity index (χ4v) is 2.77. The molecule has 2 aromatic rings. The maximum absolute atomic E-state index is 11.5. The minimum atomic E-state index is -0.393. The van der Waals surface area contributed by atoms with Gasteiger partial charge >= 0.3 is 6.09 Å². The average molecular weight is 340 g/mol. The molecule has 0 saturated carbocycles. The number of para-hydroxylation sites is 1. The monoisotopic (exact) mass is 340 g/mol. The molecule has 1 heterocycles. The van der Waals surface area contributed by atoms with Crippen LogP contribution in [0.5, 0.6) is 5.75 Å². The molecule has 1 amide bonds. The van der Waals surface area contributed by atoms with Gasteiger partial charge < -0.3 is 20.1 Å². The van der Waals surface area contributed by atoms with Gasteiger partial charge in [0, 0.05) is 18.7 Å². The highest BCUT2D eigenvalue weighted by molar-refractivity contribution is 5.67. The van der Waals surface area contributed by atoms with E-state index in [0.717, 1.165) is 30.0 Å². The van der Waals surface area contributed by atoms with Gasteiger partial charge in [0.1, 0.15) is 11.9 Å². The number of fused-ring (bicyclic) bond motifs is 1. The van der Waals surface area contributed by atoms with Crippen LogP contribution in [0, 0.1) is 0 Å². The number of hydrogen-bond donors (Lipinski definition) is 2. The molecule has 1 aliphatic rings. The molecule has 1 atom stereocenters. The van der Waals surface area contributed by atoms with Gasteiger partial charge in [0.15, 0.2) is 0 Å². The molecule has 0 bridgehead atoms. The molecule has 0 unspecified atom stereocenters. The van der Waals surface area contributed by atoms with Gasteiger partial charge in [-0.3, -0.25) is 0 Å². The molecule has 2 N–H and O–H groups in total. The van der Waals surface area contributed by atoms with E-state index in [1.807, 2.05) is 56.3 Å². The Bertz CT molecular complexity index is 688. The van der Waals surface area contributed by atoms with Crippen molar-refractivity contribution in [1.29, 1.82) is 0 Å².